The highest BCUT2D eigenvalue weighted by molar-refractivity contribution is 5.96. The monoisotopic (exact) mass is 584 g/mol. The molecule has 8 bridgehead atoms. The molecule has 44 heavy (non-hydrogen) atoms. The minimum Gasteiger partial charge on any atom is -0.502 e. The molecule has 0 atom stereocenters. The average Bonchev–Trinajstić information content (AvgIpc) is 3.81. The van der Waals surface area contributed by atoms with E-state index < -0.39 is 32.7 Å². The van der Waals surface area contributed by atoms with Gasteiger partial charge in [0.05, 0.1) is 32.6 Å². The van der Waals surface area contributed by atoms with Gasteiger partial charge in [-0.05, 0) is 84.0 Å². The summed E-state index contributed by atoms with van der Waals surface area (Å²) in [7, 11) is 0. The number of nitrogens with zero attached hydrogens (tertiary/aromatic N) is 4. The lowest BCUT2D eigenvalue weighted by Gasteiger charge is -2.06. The molecule has 2 aliphatic heterocycles. The number of aromatic hydroxyl groups is 2. The van der Waals surface area contributed by atoms with E-state index in [0.29, 0.717) is 56.1 Å². The SMILES string of the molecule is O=[N+]([O-])c1cc(-c2c3nc(cc4ccc(cc5nc(c(-c6ccc(O)c([N+](=O)[O-])c6)c6ccc2[nH]6)C=C5)[nH]4)C=C3)ccc1O. The number of fused-ring (bicyclic) bond motifs is 8. The summed E-state index contributed by atoms with van der Waals surface area (Å²) in [5.41, 5.74) is 6.02. The van der Waals surface area contributed by atoms with Crippen LogP contribution in [-0.2, 0) is 0 Å². The number of H-pyrrole nitrogens is 2. The molecule has 0 saturated heterocycles. The number of phenolic OH excluding ortho intramolecular Hbond substituents is 2. The molecular formula is C32H20N6O6. The number of nitro benzene ring substituents is 2. The highest BCUT2D eigenvalue weighted by Gasteiger charge is 2.20. The van der Waals surface area contributed by atoms with Crippen molar-refractivity contribution in [2.75, 3.05) is 0 Å². The highest BCUT2D eigenvalue weighted by atomic mass is 16.6. The minimum atomic E-state index is -0.658. The van der Waals surface area contributed by atoms with E-state index in [-0.39, 0.29) is 0 Å². The molecule has 5 heterocycles. The Hall–Kier alpha value is -6.56. The molecule has 0 unspecified atom stereocenters. The van der Waals surface area contributed by atoms with Crippen LogP contribution in [0.4, 0.5) is 11.4 Å². The van der Waals surface area contributed by atoms with Gasteiger partial charge in [-0.2, -0.15) is 0 Å². The van der Waals surface area contributed by atoms with E-state index in [4.69, 9.17) is 9.97 Å². The van der Waals surface area contributed by atoms with E-state index in [9.17, 15) is 30.4 Å². The fourth-order valence-corrected chi connectivity index (χ4v) is 5.33. The van der Waals surface area contributed by atoms with Crippen molar-refractivity contribution >= 4 is 57.7 Å². The molecule has 0 fully saturated rings. The lowest BCUT2D eigenvalue weighted by molar-refractivity contribution is -0.385. The maximum absolute atomic E-state index is 11.7. The number of hydrogen-bond acceptors (Lipinski definition) is 8. The molecule has 7 rings (SSSR count). The second kappa shape index (κ2) is 10.1. The van der Waals surface area contributed by atoms with Gasteiger partial charge in [-0.15, -0.1) is 0 Å². The summed E-state index contributed by atoms with van der Waals surface area (Å²) in [6.45, 7) is 0. The average molecular weight is 585 g/mol. The van der Waals surface area contributed by atoms with E-state index in [1.54, 1.807) is 36.4 Å². The van der Waals surface area contributed by atoms with Crippen LogP contribution in [0.1, 0.15) is 22.8 Å². The van der Waals surface area contributed by atoms with E-state index in [1.807, 2.05) is 36.4 Å². The summed E-state index contributed by atoms with van der Waals surface area (Å²) < 4.78 is 0. The smallest absolute Gasteiger partial charge is 0.311 e. The Balaban J connectivity index is 1.62. The third kappa shape index (κ3) is 4.61. The van der Waals surface area contributed by atoms with Gasteiger partial charge in [0.25, 0.3) is 0 Å². The van der Waals surface area contributed by atoms with Gasteiger partial charge >= 0.3 is 11.4 Å². The molecule has 5 aromatic rings. The van der Waals surface area contributed by atoms with Crippen LogP contribution in [-0.4, -0.2) is 40.0 Å². The maximum atomic E-state index is 11.7. The Bertz CT molecular complexity index is 2130. The number of hydrogen-bond donors (Lipinski definition) is 4. The summed E-state index contributed by atoms with van der Waals surface area (Å²) in [5, 5.41) is 43.6. The van der Waals surface area contributed by atoms with Crippen LogP contribution in [0.3, 0.4) is 0 Å². The quantitative estimate of drug-likeness (QED) is 0.123. The zero-order chi connectivity index (χ0) is 30.5. The molecule has 2 aliphatic rings. The van der Waals surface area contributed by atoms with Crippen LogP contribution in [0.5, 0.6) is 11.5 Å². The van der Waals surface area contributed by atoms with E-state index in [0.717, 1.165) is 11.0 Å². The fourth-order valence-electron chi connectivity index (χ4n) is 5.33. The van der Waals surface area contributed by atoms with Crippen molar-refractivity contribution in [3.05, 3.63) is 116 Å². The summed E-state index contributed by atoms with van der Waals surface area (Å²) in [6, 6.07) is 19.3. The molecule has 214 valence electrons. The van der Waals surface area contributed by atoms with Crippen molar-refractivity contribution in [3.63, 3.8) is 0 Å². The van der Waals surface area contributed by atoms with Crippen molar-refractivity contribution in [1.29, 1.82) is 0 Å². The van der Waals surface area contributed by atoms with E-state index in [2.05, 4.69) is 9.97 Å². The normalized spacial score (nSPS) is 12.0. The van der Waals surface area contributed by atoms with Gasteiger partial charge in [-0.3, -0.25) is 20.2 Å². The van der Waals surface area contributed by atoms with Crippen LogP contribution in [0, 0.1) is 20.2 Å². The molecule has 0 aliphatic carbocycles. The highest BCUT2D eigenvalue weighted by Crippen LogP contribution is 2.38. The summed E-state index contributed by atoms with van der Waals surface area (Å²) in [5.74, 6) is -0.933. The lowest BCUT2D eigenvalue weighted by atomic mass is 10.0. The first-order chi connectivity index (χ1) is 21.2. The second-order valence-electron chi connectivity index (χ2n) is 10.1. The second-order valence-corrected chi connectivity index (χ2v) is 10.1. The zero-order valence-electron chi connectivity index (χ0n) is 22.6. The van der Waals surface area contributed by atoms with Crippen molar-refractivity contribution in [2.24, 2.45) is 0 Å². The minimum absolute atomic E-state index is 0.431. The first kappa shape index (κ1) is 26.3. The summed E-state index contributed by atoms with van der Waals surface area (Å²) in [6.07, 6.45) is 7.25. The Kier molecular flexibility index (Phi) is 6.03. The zero-order valence-corrected chi connectivity index (χ0v) is 22.6. The van der Waals surface area contributed by atoms with Gasteiger partial charge < -0.3 is 20.2 Å². The van der Waals surface area contributed by atoms with Gasteiger partial charge in [0.2, 0.25) is 0 Å². The lowest BCUT2D eigenvalue weighted by Crippen LogP contribution is -1.92. The van der Waals surface area contributed by atoms with Crippen LogP contribution < -0.4 is 0 Å². The van der Waals surface area contributed by atoms with Crippen LogP contribution in [0.15, 0.2) is 72.8 Å². The van der Waals surface area contributed by atoms with Crippen LogP contribution in [0.2, 0.25) is 0 Å². The Morgan fingerprint density at radius 3 is 1.45 bits per heavy atom. The predicted molar refractivity (Wildman–Crippen MR) is 166 cm³/mol. The molecule has 0 saturated carbocycles. The fraction of sp³-hybridized carbons (Fsp3) is 0. The Morgan fingerprint density at radius 1 is 0.568 bits per heavy atom. The third-order valence-electron chi connectivity index (χ3n) is 7.32. The number of benzene rings is 2. The van der Waals surface area contributed by atoms with Gasteiger partial charge in [-0.25, -0.2) is 9.97 Å². The molecule has 12 heteroatoms. The van der Waals surface area contributed by atoms with E-state index in [1.165, 1.54) is 24.3 Å². The Labute approximate surface area is 247 Å². The molecule has 0 amide bonds. The topological polar surface area (TPSA) is 184 Å². The van der Waals surface area contributed by atoms with Crippen molar-refractivity contribution in [2.45, 2.75) is 0 Å². The van der Waals surface area contributed by atoms with Crippen molar-refractivity contribution in [1.82, 2.24) is 19.9 Å². The van der Waals surface area contributed by atoms with Crippen molar-refractivity contribution < 1.29 is 20.1 Å². The molecule has 3 aromatic heterocycles. The number of nitrogens with one attached hydrogen (secondary N) is 2. The number of nitro groups is 2. The number of phenols is 2. The molecule has 4 N–H and O–H groups in total. The first-order valence-corrected chi connectivity index (χ1v) is 13.3. The number of aromatic nitrogens is 4. The number of rotatable bonds is 4. The standard InChI is InChI=1S/C32H20N6O6/c39-29-11-1-17(13-27(29)37(41)42)31-23-7-5-21(34-23)15-19-3-4-20(33-19)16-22-6-8-24(35-22)32(26-10-9-25(31)36-26)18-2-12-30(40)28(14-18)38(43)44/h1-16,33,36,39-40H. The summed E-state index contributed by atoms with van der Waals surface area (Å²) in [4.78, 5) is 38.3. The van der Waals surface area contributed by atoms with E-state index >= 15 is 0 Å². The largest absolute Gasteiger partial charge is 0.502 e. The number of aromatic amines is 2. The Morgan fingerprint density at radius 2 is 1.02 bits per heavy atom. The van der Waals surface area contributed by atoms with Gasteiger partial charge in [0, 0.05) is 45.3 Å². The van der Waals surface area contributed by atoms with Gasteiger partial charge in [-0.1, -0.05) is 12.1 Å². The molecular weight excluding hydrogens is 564 g/mol. The third-order valence-corrected chi connectivity index (χ3v) is 7.32. The van der Waals surface area contributed by atoms with Crippen LogP contribution >= 0.6 is 0 Å². The maximum Gasteiger partial charge on any atom is 0.311 e. The molecule has 0 radical (unpaired) electrons. The van der Waals surface area contributed by atoms with Crippen LogP contribution in [0.25, 0.3) is 68.6 Å². The van der Waals surface area contributed by atoms with Gasteiger partial charge in [0.1, 0.15) is 0 Å². The first-order valence-electron chi connectivity index (χ1n) is 13.3. The molecule has 2 aromatic carbocycles. The molecule has 0 spiro atoms. The molecule has 12 nitrogen and oxygen atoms in total. The predicted octanol–water partition coefficient (Wildman–Crippen LogP) is 7.22. The van der Waals surface area contributed by atoms with Crippen molar-refractivity contribution in [3.8, 4) is 33.8 Å². The van der Waals surface area contributed by atoms with Gasteiger partial charge in [0.15, 0.2) is 11.5 Å². The summed E-state index contributed by atoms with van der Waals surface area (Å²) >= 11 is 0.